The largest absolute Gasteiger partial charge is 0.486 e. The number of ether oxygens (including phenoxy) is 1. The predicted octanol–water partition coefficient (Wildman–Crippen LogP) is 3.13. The number of benzene rings is 1. The predicted molar refractivity (Wildman–Crippen MR) is 72.7 cm³/mol. The van der Waals surface area contributed by atoms with Crippen LogP contribution in [-0.2, 0) is 0 Å². The van der Waals surface area contributed by atoms with Crippen LogP contribution in [0.4, 0.5) is 4.39 Å². The summed E-state index contributed by atoms with van der Waals surface area (Å²) in [5.41, 5.74) is 0.932. The molecular weight excluding hydrogens is 249 g/mol. The Morgan fingerprint density at radius 3 is 3.17 bits per heavy atom. The third-order valence-corrected chi connectivity index (χ3v) is 4.99. The van der Waals surface area contributed by atoms with Gasteiger partial charge in [0.1, 0.15) is 17.2 Å². The lowest BCUT2D eigenvalue weighted by atomic mass is 9.86. The minimum absolute atomic E-state index is 0.0394. The van der Waals surface area contributed by atoms with Crippen LogP contribution >= 0.6 is 11.8 Å². The quantitative estimate of drug-likeness (QED) is 0.889. The molecule has 0 aromatic heterocycles. The van der Waals surface area contributed by atoms with Gasteiger partial charge < -0.3 is 10.1 Å². The van der Waals surface area contributed by atoms with Gasteiger partial charge in [0.2, 0.25) is 0 Å². The van der Waals surface area contributed by atoms with Gasteiger partial charge in [-0.25, -0.2) is 4.39 Å². The van der Waals surface area contributed by atoms with E-state index < -0.39 is 0 Å². The van der Waals surface area contributed by atoms with Crippen LogP contribution in [0.25, 0.3) is 0 Å². The van der Waals surface area contributed by atoms with E-state index in [0.29, 0.717) is 0 Å². The number of halogens is 1. The van der Waals surface area contributed by atoms with Gasteiger partial charge in [-0.3, -0.25) is 0 Å². The van der Waals surface area contributed by atoms with Crippen molar-refractivity contribution >= 4 is 11.8 Å². The van der Waals surface area contributed by atoms with Crippen LogP contribution in [0, 0.1) is 5.82 Å². The van der Waals surface area contributed by atoms with E-state index in [1.165, 1.54) is 6.07 Å². The van der Waals surface area contributed by atoms with Gasteiger partial charge in [0.25, 0.3) is 0 Å². The number of nitrogens with one attached hydrogen (secondary N) is 1. The Morgan fingerprint density at radius 1 is 1.56 bits per heavy atom. The van der Waals surface area contributed by atoms with Crippen molar-refractivity contribution in [2.45, 2.75) is 31.4 Å². The van der Waals surface area contributed by atoms with E-state index in [9.17, 15) is 4.39 Å². The molecule has 2 unspecified atom stereocenters. The van der Waals surface area contributed by atoms with Crippen LogP contribution in [-0.4, -0.2) is 23.7 Å². The van der Waals surface area contributed by atoms with Crippen LogP contribution in [0.3, 0.4) is 0 Å². The zero-order valence-electron chi connectivity index (χ0n) is 10.5. The Kier molecular flexibility index (Phi) is 3.24. The molecule has 1 N–H and O–H groups in total. The van der Waals surface area contributed by atoms with Crippen molar-refractivity contribution in [1.29, 1.82) is 0 Å². The fourth-order valence-electron chi connectivity index (χ4n) is 2.90. The minimum Gasteiger partial charge on any atom is -0.486 e. The molecule has 18 heavy (non-hydrogen) atoms. The summed E-state index contributed by atoms with van der Waals surface area (Å²) in [6, 6.07) is 5.09. The SMILES string of the molecule is CCNC1CC2(CCSC2)Oc2ccc(F)cc21. The molecule has 1 aromatic carbocycles. The molecule has 2 nitrogen and oxygen atoms in total. The fourth-order valence-corrected chi connectivity index (χ4v) is 4.25. The summed E-state index contributed by atoms with van der Waals surface area (Å²) in [5.74, 6) is 2.88. The molecule has 2 aliphatic rings. The molecule has 3 rings (SSSR count). The monoisotopic (exact) mass is 267 g/mol. The summed E-state index contributed by atoms with van der Waals surface area (Å²) in [5, 5.41) is 3.46. The summed E-state index contributed by atoms with van der Waals surface area (Å²) < 4.78 is 19.6. The van der Waals surface area contributed by atoms with E-state index in [-0.39, 0.29) is 17.5 Å². The van der Waals surface area contributed by atoms with E-state index in [4.69, 9.17) is 4.74 Å². The second kappa shape index (κ2) is 4.74. The lowest BCUT2D eigenvalue weighted by Gasteiger charge is -2.39. The van der Waals surface area contributed by atoms with E-state index in [0.717, 1.165) is 42.2 Å². The van der Waals surface area contributed by atoms with Crippen molar-refractivity contribution in [2.75, 3.05) is 18.1 Å². The lowest BCUT2D eigenvalue weighted by Crippen LogP contribution is -2.44. The normalized spacial score (nSPS) is 30.2. The van der Waals surface area contributed by atoms with Crippen LogP contribution in [0.2, 0.25) is 0 Å². The molecule has 4 heteroatoms. The Hall–Kier alpha value is -0.740. The third-order valence-electron chi connectivity index (χ3n) is 3.77. The number of thioether (sulfide) groups is 1. The Balaban J connectivity index is 1.97. The maximum Gasteiger partial charge on any atom is 0.125 e. The summed E-state index contributed by atoms with van der Waals surface area (Å²) in [6.07, 6.45) is 2.04. The molecule has 1 spiro atoms. The van der Waals surface area contributed by atoms with Crippen molar-refractivity contribution < 1.29 is 9.13 Å². The summed E-state index contributed by atoms with van der Waals surface area (Å²) >= 11 is 1.95. The summed E-state index contributed by atoms with van der Waals surface area (Å²) in [6.45, 7) is 2.98. The molecule has 1 aromatic rings. The standard InChI is InChI=1S/C14H18FNOS/c1-2-16-12-8-14(5-6-18-9-14)17-13-4-3-10(15)7-11(12)13/h3-4,7,12,16H,2,5-6,8-9H2,1H3. The first-order valence-electron chi connectivity index (χ1n) is 6.52. The molecule has 0 radical (unpaired) electrons. The Morgan fingerprint density at radius 2 is 2.44 bits per heavy atom. The summed E-state index contributed by atoms with van der Waals surface area (Å²) in [7, 11) is 0. The second-order valence-corrected chi connectivity index (χ2v) is 6.19. The molecule has 1 fully saturated rings. The zero-order valence-corrected chi connectivity index (χ0v) is 11.4. The van der Waals surface area contributed by atoms with Gasteiger partial charge >= 0.3 is 0 Å². The molecule has 1 saturated heterocycles. The molecule has 2 atom stereocenters. The average Bonchev–Trinajstić information content (AvgIpc) is 2.79. The van der Waals surface area contributed by atoms with E-state index >= 15 is 0 Å². The van der Waals surface area contributed by atoms with E-state index in [1.807, 2.05) is 11.8 Å². The van der Waals surface area contributed by atoms with Crippen molar-refractivity contribution in [2.24, 2.45) is 0 Å². The zero-order chi connectivity index (χ0) is 12.6. The first kappa shape index (κ1) is 12.3. The smallest absolute Gasteiger partial charge is 0.125 e. The molecule has 0 aliphatic carbocycles. The first-order chi connectivity index (χ1) is 8.72. The maximum absolute atomic E-state index is 13.4. The number of hydrogen-bond acceptors (Lipinski definition) is 3. The number of hydrogen-bond donors (Lipinski definition) is 1. The van der Waals surface area contributed by atoms with Gasteiger partial charge in [-0.15, -0.1) is 0 Å². The topological polar surface area (TPSA) is 21.3 Å². The van der Waals surface area contributed by atoms with Crippen molar-refractivity contribution in [3.05, 3.63) is 29.6 Å². The molecule has 0 saturated carbocycles. The fraction of sp³-hybridized carbons (Fsp3) is 0.571. The summed E-state index contributed by atoms with van der Waals surface area (Å²) in [4.78, 5) is 0. The van der Waals surface area contributed by atoms with Gasteiger partial charge in [0, 0.05) is 23.8 Å². The first-order valence-corrected chi connectivity index (χ1v) is 7.67. The van der Waals surface area contributed by atoms with Crippen LogP contribution < -0.4 is 10.1 Å². The van der Waals surface area contributed by atoms with Gasteiger partial charge in [-0.1, -0.05) is 6.92 Å². The minimum atomic E-state index is -0.183. The maximum atomic E-state index is 13.4. The van der Waals surface area contributed by atoms with Gasteiger partial charge in [-0.05, 0) is 36.9 Å². The Bertz CT molecular complexity index is 445. The number of fused-ring (bicyclic) bond motifs is 1. The van der Waals surface area contributed by atoms with Crippen LogP contribution in [0.5, 0.6) is 5.75 Å². The molecule has 0 bridgehead atoms. The highest BCUT2D eigenvalue weighted by Gasteiger charge is 2.43. The van der Waals surface area contributed by atoms with Gasteiger partial charge in [0.05, 0.1) is 0 Å². The van der Waals surface area contributed by atoms with Crippen molar-refractivity contribution in [3.63, 3.8) is 0 Å². The lowest BCUT2D eigenvalue weighted by molar-refractivity contribution is 0.0553. The average molecular weight is 267 g/mol. The molecular formula is C14H18FNOS. The molecule has 2 aliphatic heterocycles. The van der Waals surface area contributed by atoms with Crippen molar-refractivity contribution in [3.8, 4) is 5.75 Å². The van der Waals surface area contributed by atoms with Gasteiger partial charge in [0.15, 0.2) is 0 Å². The highest BCUT2D eigenvalue weighted by atomic mass is 32.2. The molecule has 98 valence electrons. The number of rotatable bonds is 2. The van der Waals surface area contributed by atoms with Crippen LogP contribution in [0.1, 0.15) is 31.4 Å². The Labute approximate surface area is 111 Å². The highest BCUT2D eigenvalue weighted by molar-refractivity contribution is 7.99. The molecule has 0 amide bonds. The van der Waals surface area contributed by atoms with Crippen molar-refractivity contribution in [1.82, 2.24) is 5.32 Å². The van der Waals surface area contributed by atoms with Crippen LogP contribution in [0.15, 0.2) is 18.2 Å². The van der Waals surface area contributed by atoms with E-state index in [2.05, 4.69) is 12.2 Å². The molecule has 2 heterocycles. The van der Waals surface area contributed by atoms with Gasteiger partial charge in [-0.2, -0.15) is 11.8 Å². The highest BCUT2D eigenvalue weighted by Crippen LogP contribution is 2.45. The second-order valence-electron chi connectivity index (χ2n) is 5.08. The van der Waals surface area contributed by atoms with E-state index in [1.54, 1.807) is 12.1 Å². The third kappa shape index (κ3) is 2.12.